The van der Waals surface area contributed by atoms with Gasteiger partial charge in [-0.15, -0.1) is 0 Å². The van der Waals surface area contributed by atoms with Crippen molar-refractivity contribution in [3.63, 3.8) is 0 Å². The zero-order valence-electron chi connectivity index (χ0n) is 21.5. The molecule has 1 atom stereocenters. The highest BCUT2D eigenvalue weighted by Crippen LogP contribution is 2.28. The molecule has 0 aliphatic rings. The van der Waals surface area contributed by atoms with E-state index in [2.05, 4.69) is 22.8 Å². The van der Waals surface area contributed by atoms with Crippen LogP contribution in [0.4, 0.5) is 10.5 Å². The van der Waals surface area contributed by atoms with Crippen LogP contribution >= 0.6 is 0 Å². The molecule has 4 rings (SSSR count). The highest BCUT2D eigenvalue weighted by Gasteiger charge is 2.26. The van der Waals surface area contributed by atoms with Crippen molar-refractivity contribution in [1.29, 1.82) is 0 Å². The third-order valence-corrected chi connectivity index (χ3v) is 6.39. The maximum absolute atomic E-state index is 13.7. The van der Waals surface area contributed by atoms with Crippen molar-refractivity contribution in [1.82, 2.24) is 10.2 Å². The molecular formula is C32H31N3O4. The second-order valence-electron chi connectivity index (χ2n) is 9.15. The van der Waals surface area contributed by atoms with E-state index in [1.165, 1.54) is 17.7 Å². The summed E-state index contributed by atoms with van der Waals surface area (Å²) in [6.07, 6.45) is 1.49. The topological polar surface area (TPSA) is 98.7 Å². The predicted octanol–water partition coefficient (Wildman–Crippen LogP) is 5.91. The number of carbonyl (C=O) groups is 3. The molecule has 0 fully saturated rings. The van der Waals surface area contributed by atoms with Crippen molar-refractivity contribution < 1.29 is 19.5 Å². The fourth-order valence-corrected chi connectivity index (χ4v) is 4.44. The van der Waals surface area contributed by atoms with E-state index < -0.39 is 12.0 Å². The number of aromatic carboxylic acids is 1. The first-order valence-electron chi connectivity index (χ1n) is 12.8. The standard InChI is InChI=1S/C32H31N3O4/c36-30(22-33-32(39)34-28-18-10-17-27(21-28)31(37)38)35(23-25-13-6-2-7-14-25)29(26-15-8-3-9-16-26)20-19-24-11-4-1-5-12-24/h1-18,21,29H,19-20,22-23H2,(H,37,38)(H2,33,34,39). The lowest BCUT2D eigenvalue weighted by Gasteiger charge is -2.33. The number of benzene rings is 4. The smallest absolute Gasteiger partial charge is 0.335 e. The van der Waals surface area contributed by atoms with Crippen LogP contribution in [0.25, 0.3) is 0 Å². The van der Waals surface area contributed by atoms with Crippen LogP contribution < -0.4 is 10.6 Å². The van der Waals surface area contributed by atoms with Crippen LogP contribution in [-0.4, -0.2) is 34.5 Å². The van der Waals surface area contributed by atoms with Gasteiger partial charge in [0.1, 0.15) is 0 Å². The van der Waals surface area contributed by atoms with E-state index in [1.54, 1.807) is 12.1 Å². The molecule has 4 aromatic carbocycles. The zero-order chi connectivity index (χ0) is 27.5. The highest BCUT2D eigenvalue weighted by atomic mass is 16.4. The van der Waals surface area contributed by atoms with Crippen molar-refractivity contribution in [2.24, 2.45) is 0 Å². The van der Waals surface area contributed by atoms with Crippen molar-refractivity contribution in [2.75, 3.05) is 11.9 Å². The lowest BCUT2D eigenvalue weighted by Crippen LogP contribution is -2.43. The number of carboxylic acids is 1. The van der Waals surface area contributed by atoms with E-state index in [0.29, 0.717) is 18.7 Å². The summed E-state index contributed by atoms with van der Waals surface area (Å²) in [7, 11) is 0. The van der Waals surface area contributed by atoms with Gasteiger partial charge in [0.2, 0.25) is 5.91 Å². The van der Waals surface area contributed by atoms with Crippen LogP contribution in [0, 0.1) is 0 Å². The van der Waals surface area contributed by atoms with Crippen LogP contribution in [0.5, 0.6) is 0 Å². The molecule has 0 aliphatic heterocycles. The maximum Gasteiger partial charge on any atom is 0.335 e. The van der Waals surface area contributed by atoms with E-state index in [-0.39, 0.29) is 24.1 Å². The molecular weight excluding hydrogens is 490 g/mol. The summed E-state index contributed by atoms with van der Waals surface area (Å²) in [5.74, 6) is -1.32. The number of urea groups is 1. The van der Waals surface area contributed by atoms with Crippen LogP contribution in [0.3, 0.4) is 0 Å². The summed E-state index contributed by atoms with van der Waals surface area (Å²) in [5, 5.41) is 14.4. The molecule has 0 saturated heterocycles. The summed E-state index contributed by atoms with van der Waals surface area (Å²) < 4.78 is 0. The number of carbonyl (C=O) groups excluding carboxylic acids is 2. The average Bonchev–Trinajstić information content (AvgIpc) is 2.97. The van der Waals surface area contributed by atoms with Crippen molar-refractivity contribution in [2.45, 2.75) is 25.4 Å². The monoisotopic (exact) mass is 521 g/mol. The van der Waals surface area contributed by atoms with Crippen LogP contribution in [0.2, 0.25) is 0 Å². The van der Waals surface area contributed by atoms with Gasteiger partial charge in [-0.05, 0) is 47.7 Å². The number of hydrogen-bond acceptors (Lipinski definition) is 3. The Labute approximate surface area is 228 Å². The molecule has 0 radical (unpaired) electrons. The SMILES string of the molecule is O=C(NCC(=O)N(Cc1ccccc1)C(CCc1ccccc1)c1ccccc1)Nc1cccc(C(=O)O)c1. The third kappa shape index (κ3) is 8.04. The molecule has 0 spiro atoms. The Hall–Kier alpha value is -4.91. The first-order valence-corrected chi connectivity index (χ1v) is 12.8. The molecule has 198 valence electrons. The average molecular weight is 522 g/mol. The number of nitrogens with one attached hydrogen (secondary N) is 2. The second kappa shape index (κ2) is 13.6. The highest BCUT2D eigenvalue weighted by molar-refractivity contribution is 5.94. The molecule has 0 saturated carbocycles. The quantitative estimate of drug-likeness (QED) is 0.229. The Morgan fingerprint density at radius 3 is 2.00 bits per heavy atom. The van der Waals surface area contributed by atoms with Gasteiger partial charge in [0.25, 0.3) is 0 Å². The number of carboxylic acid groups (broad SMARTS) is 1. The van der Waals surface area contributed by atoms with Gasteiger partial charge in [-0.1, -0.05) is 97.1 Å². The van der Waals surface area contributed by atoms with Crippen LogP contribution in [0.15, 0.2) is 115 Å². The van der Waals surface area contributed by atoms with Crippen molar-refractivity contribution in [3.05, 3.63) is 138 Å². The minimum Gasteiger partial charge on any atom is -0.478 e. The number of aryl methyl sites for hydroxylation is 1. The molecule has 0 heterocycles. The molecule has 7 nitrogen and oxygen atoms in total. The van der Waals surface area contributed by atoms with E-state index in [0.717, 1.165) is 17.5 Å². The van der Waals surface area contributed by atoms with E-state index in [1.807, 2.05) is 83.8 Å². The first-order chi connectivity index (χ1) is 19.0. The molecule has 0 bridgehead atoms. The number of hydrogen-bond donors (Lipinski definition) is 3. The lowest BCUT2D eigenvalue weighted by molar-refractivity contribution is -0.133. The molecule has 1 unspecified atom stereocenters. The van der Waals surface area contributed by atoms with E-state index >= 15 is 0 Å². The van der Waals surface area contributed by atoms with E-state index in [9.17, 15) is 19.5 Å². The van der Waals surface area contributed by atoms with Crippen molar-refractivity contribution >= 4 is 23.6 Å². The molecule has 0 aromatic heterocycles. The Bertz CT molecular complexity index is 1380. The van der Waals surface area contributed by atoms with Gasteiger partial charge >= 0.3 is 12.0 Å². The predicted molar refractivity (Wildman–Crippen MR) is 151 cm³/mol. The van der Waals surface area contributed by atoms with Gasteiger partial charge in [0.15, 0.2) is 0 Å². The summed E-state index contributed by atoms with van der Waals surface area (Å²) in [4.78, 5) is 39.3. The number of nitrogens with zero attached hydrogens (tertiary/aromatic N) is 1. The summed E-state index contributed by atoms with van der Waals surface area (Å²) >= 11 is 0. The van der Waals surface area contributed by atoms with Crippen LogP contribution in [-0.2, 0) is 17.8 Å². The zero-order valence-corrected chi connectivity index (χ0v) is 21.5. The molecule has 3 N–H and O–H groups in total. The molecule has 4 aromatic rings. The minimum atomic E-state index is -1.09. The largest absolute Gasteiger partial charge is 0.478 e. The minimum absolute atomic E-state index is 0.0574. The molecule has 7 heteroatoms. The van der Waals surface area contributed by atoms with Gasteiger partial charge in [-0.3, -0.25) is 4.79 Å². The van der Waals surface area contributed by atoms with Gasteiger partial charge in [0, 0.05) is 12.2 Å². The Morgan fingerprint density at radius 2 is 1.36 bits per heavy atom. The number of rotatable bonds is 11. The Balaban J connectivity index is 1.52. The van der Waals surface area contributed by atoms with Gasteiger partial charge < -0.3 is 20.6 Å². The van der Waals surface area contributed by atoms with E-state index in [4.69, 9.17) is 0 Å². The maximum atomic E-state index is 13.7. The molecule has 0 aliphatic carbocycles. The fraction of sp³-hybridized carbons (Fsp3) is 0.156. The number of anilines is 1. The first kappa shape index (κ1) is 27.1. The molecule has 39 heavy (non-hydrogen) atoms. The van der Waals surface area contributed by atoms with Gasteiger partial charge in [-0.25, -0.2) is 9.59 Å². The molecule has 3 amide bonds. The fourth-order valence-electron chi connectivity index (χ4n) is 4.44. The summed E-state index contributed by atoms with van der Waals surface area (Å²) in [6, 6.07) is 35.0. The Kier molecular flexibility index (Phi) is 9.45. The summed E-state index contributed by atoms with van der Waals surface area (Å²) in [5.41, 5.74) is 3.58. The summed E-state index contributed by atoms with van der Waals surface area (Å²) in [6.45, 7) is 0.171. The second-order valence-corrected chi connectivity index (χ2v) is 9.15. The van der Waals surface area contributed by atoms with Gasteiger partial charge in [0.05, 0.1) is 18.2 Å². The lowest BCUT2D eigenvalue weighted by atomic mass is 9.96. The van der Waals surface area contributed by atoms with Crippen LogP contribution in [0.1, 0.15) is 39.5 Å². The third-order valence-electron chi connectivity index (χ3n) is 6.39. The number of amides is 3. The van der Waals surface area contributed by atoms with Gasteiger partial charge in [-0.2, -0.15) is 0 Å². The Morgan fingerprint density at radius 1 is 0.744 bits per heavy atom. The van der Waals surface area contributed by atoms with Crippen molar-refractivity contribution in [3.8, 4) is 0 Å². The normalized spacial score (nSPS) is 11.3.